The second kappa shape index (κ2) is 10.1. The third-order valence-electron chi connectivity index (χ3n) is 8.16. The average molecular weight is 545 g/mol. The molecule has 39 heavy (non-hydrogen) atoms. The molecule has 1 spiro atoms. The monoisotopic (exact) mass is 544 g/mol. The zero-order chi connectivity index (χ0) is 27.1. The summed E-state index contributed by atoms with van der Waals surface area (Å²) in [5, 5.41) is 15.1. The molecular formula is C30H29ClN4O4. The number of hydrogen-bond donors (Lipinski definition) is 1. The Morgan fingerprint density at radius 2 is 1.87 bits per heavy atom. The van der Waals surface area contributed by atoms with Gasteiger partial charge >= 0.3 is 12.0 Å². The molecule has 2 aliphatic rings. The highest BCUT2D eigenvalue weighted by molar-refractivity contribution is 6.36. The summed E-state index contributed by atoms with van der Waals surface area (Å²) in [6, 6.07) is 13.8. The number of ether oxygens (including phenoxy) is 1. The standard InChI is InChI=1S/C30H29ClN4O4/c1-2-39-29-32-10-9-25(34-29)20-5-3-18(4-6-20)17-35-27-22(7-8-24(31)23(27)16-33-35)26(36)11-19-12-30(13-19)14-21(15-30)28(37)38/h3-10,16,19,21H,2,11-15,17H2,1H3,(H,37,38). The lowest BCUT2D eigenvalue weighted by molar-refractivity contribution is -0.157. The molecule has 2 aromatic heterocycles. The number of rotatable bonds is 9. The first kappa shape index (κ1) is 25.5. The molecule has 4 aromatic rings. The first-order valence-electron chi connectivity index (χ1n) is 13.3. The van der Waals surface area contributed by atoms with Crippen LogP contribution in [0.15, 0.2) is 54.9 Å². The molecule has 9 heteroatoms. The van der Waals surface area contributed by atoms with Crippen LogP contribution in [0.25, 0.3) is 22.2 Å². The number of carboxylic acid groups (broad SMARTS) is 1. The molecule has 2 aliphatic carbocycles. The van der Waals surface area contributed by atoms with Crippen LogP contribution in [0.5, 0.6) is 6.01 Å². The van der Waals surface area contributed by atoms with Crippen molar-refractivity contribution >= 4 is 34.3 Å². The summed E-state index contributed by atoms with van der Waals surface area (Å²) in [5.74, 6) is -0.533. The third-order valence-corrected chi connectivity index (χ3v) is 8.49. The van der Waals surface area contributed by atoms with Crippen molar-refractivity contribution in [3.05, 3.63) is 71.0 Å². The maximum Gasteiger partial charge on any atom is 0.316 e. The van der Waals surface area contributed by atoms with Gasteiger partial charge in [-0.05, 0) is 67.7 Å². The van der Waals surface area contributed by atoms with Crippen LogP contribution in [0, 0.1) is 17.3 Å². The van der Waals surface area contributed by atoms with E-state index in [0.717, 1.165) is 53.4 Å². The molecule has 2 saturated carbocycles. The summed E-state index contributed by atoms with van der Waals surface area (Å²) in [6.45, 7) is 2.89. The van der Waals surface area contributed by atoms with Gasteiger partial charge in [-0.25, -0.2) is 4.98 Å². The molecule has 6 rings (SSSR count). The van der Waals surface area contributed by atoms with E-state index in [1.165, 1.54) is 0 Å². The van der Waals surface area contributed by atoms with E-state index in [4.69, 9.17) is 16.3 Å². The predicted octanol–water partition coefficient (Wildman–Crippen LogP) is 6.06. The van der Waals surface area contributed by atoms with Crippen LogP contribution in [0.3, 0.4) is 0 Å². The number of benzene rings is 2. The molecule has 0 bridgehead atoms. The van der Waals surface area contributed by atoms with E-state index < -0.39 is 5.97 Å². The van der Waals surface area contributed by atoms with Crippen molar-refractivity contribution in [1.29, 1.82) is 0 Å². The molecule has 1 N–H and O–H groups in total. The Morgan fingerprint density at radius 1 is 1.10 bits per heavy atom. The number of fused-ring (bicyclic) bond motifs is 1. The maximum atomic E-state index is 13.4. The van der Waals surface area contributed by atoms with Crippen molar-refractivity contribution in [1.82, 2.24) is 19.7 Å². The van der Waals surface area contributed by atoms with E-state index in [0.29, 0.717) is 42.1 Å². The number of hydrogen-bond acceptors (Lipinski definition) is 6. The zero-order valence-corrected chi connectivity index (χ0v) is 22.4. The highest BCUT2D eigenvalue weighted by Crippen LogP contribution is 2.62. The molecule has 2 aromatic carbocycles. The van der Waals surface area contributed by atoms with Gasteiger partial charge in [-0.3, -0.25) is 14.3 Å². The van der Waals surface area contributed by atoms with Crippen molar-refractivity contribution in [3.8, 4) is 17.3 Å². The van der Waals surface area contributed by atoms with Gasteiger partial charge in [0.05, 0.1) is 41.5 Å². The number of aliphatic carboxylic acids is 1. The van der Waals surface area contributed by atoms with Gasteiger partial charge in [-0.1, -0.05) is 35.9 Å². The fourth-order valence-corrected chi connectivity index (χ4v) is 6.54. The quantitative estimate of drug-likeness (QED) is 0.255. The SMILES string of the molecule is CCOc1nccc(-c2ccc(Cn3ncc4c(Cl)ccc(C(=O)CC5CC6(C5)CC(C(=O)O)C6)c43)cc2)n1. The summed E-state index contributed by atoms with van der Waals surface area (Å²) in [5.41, 5.74) is 4.28. The minimum atomic E-state index is -0.698. The Kier molecular flexibility index (Phi) is 6.59. The van der Waals surface area contributed by atoms with Crippen LogP contribution in [0.4, 0.5) is 0 Å². The fraction of sp³-hybridized carbons (Fsp3) is 0.367. The predicted molar refractivity (Wildman–Crippen MR) is 147 cm³/mol. The number of nitrogens with zero attached hydrogens (tertiary/aromatic N) is 4. The van der Waals surface area contributed by atoms with Crippen LogP contribution < -0.4 is 4.74 Å². The van der Waals surface area contributed by atoms with Gasteiger partial charge in [0.2, 0.25) is 0 Å². The Hall–Kier alpha value is -3.78. The van der Waals surface area contributed by atoms with E-state index in [1.54, 1.807) is 24.5 Å². The Labute approximate surface area is 231 Å². The van der Waals surface area contributed by atoms with Gasteiger partial charge in [0, 0.05) is 29.1 Å². The lowest BCUT2D eigenvalue weighted by Gasteiger charge is -2.56. The van der Waals surface area contributed by atoms with E-state index in [1.807, 2.05) is 41.9 Å². The lowest BCUT2D eigenvalue weighted by atomic mass is 9.47. The Bertz CT molecular complexity index is 1550. The molecule has 200 valence electrons. The van der Waals surface area contributed by atoms with Gasteiger partial charge in [0.1, 0.15) is 0 Å². The third kappa shape index (κ3) is 4.89. The number of aromatic nitrogens is 4. The summed E-state index contributed by atoms with van der Waals surface area (Å²) < 4.78 is 7.26. The van der Waals surface area contributed by atoms with Crippen molar-refractivity contribution in [2.45, 2.75) is 45.6 Å². The first-order chi connectivity index (χ1) is 18.8. The molecule has 8 nitrogen and oxygen atoms in total. The van der Waals surface area contributed by atoms with Crippen LogP contribution in [0.1, 0.15) is 54.9 Å². The molecule has 2 fully saturated rings. The largest absolute Gasteiger partial charge is 0.481 e. The number of halogens is 1. The molecular weight excluding hydrogens is 516 g/mol. The maximum absolute atomic E-state index is 13.4. The fourth-order valence-electron chi connectivity index (χ4n) is 6.34. The minimum absolute atomic E-state index is 0.0802. The Balaban J connectivity index is 1.18. The topological polar surface area (TPSA) is 107 Å². The molecule has 0 radical (unpaired) electrons. The van der Waals surface area contributed by atoms with E-state index >= 15 is 0 Å². The van der Waals surface area contributed by atoms with Crippen molar-refractivity contribution < 1.29 is 19.4 Å². The van der Waals surface area contributed by atoms with Gasteiger partial charge < -0.3 is 9.84 Å². The summed E-state index contributed by atoms with van der Waals surface area (Å²) in [7, 11) is 0. The van der Waals surface area contributed by atoms with Gasteiger partial charge in [-0.15, -0.1) is 0 Å². The van der Waals surface area contributed by atoms with E-state index in [-0.39, 0.29) is 17.1 Å². The Morgan fingerprint density at radius 3 is 2.59 bits per heavy atom. The van der Waals surface area contributed by atoms with Gasteiger partial charge in [0.15, 0.2) is 5.78 Å². The highest BCUT2D eigenvalue weighted by Gasteiger charge is 2.54. The summed E-state index contributed by atoms with van der Waals surface area (Å²) in [6.07, 6.45) is 7.22. The number of carbonyl (C=O) groups is 2. The van der Waals surface area contributed by atoms with Crippen molar-refractivity contribution in [2.75, 3.05) is 6.61 Å². The molecule has 0 unspecified atom stereocenters. The molecule has 0 atom stereocenters. The molecule has 0 amide bonds. The smallest absolute Gasteiger partial charge is 0.316 e. The lowest BCUT2D eigenvalue weighted by Crippen LogP contribution is -2.50. The molecule has 0 aliphatic heterocycles. The summed E-state index contributed by atoms with van der Waals surface area (Å²) >= 11 is 6.49. The second-order valence-electron chi connectivity index (χ2n) is 10.9. The minimum Gasteiger partial charge on any atom is -0.481 e. The number of Topliss-reactive ketones (excluding diaryl/α,β-unsaturated/α-hetero) is 1. The zero-order valence-electron chi connectivity index (χ0n) is 21.6. The van der Waals surface area contributed by atoms with Crippen LogP contribution >= 0.6 is 11.6 Å². The van der Waals surface area contributed by atoms with E-state index in [2.05, 4.69) is 15.1 Å². The second-order valence-corrected chi connectivity index (χ2v) is 11.3. The molecule has 2 heterocycles. The van der Waals surface area contributed by atoms with Crippen LogP contribution in [0.2, 0.25) is 5.02 Å². The molecule has 0 saturated heterocycles. The normalized spacial score (nSPS) is 21.9. The van der Waals surface area contributed by atoms with Gasteiger partial charge in [0.25, 0.3) is 0 Å². The first-order valence-corrected chi connectivity index (χ1v) is 13.7. The number of ketones is 1. The summed E-state index contributed by atoms with van der Waals surface area (Å²) in [4.78, 5) is 33.2. The number of carboxylic acids is 1. The number of carbonyl (C=O) groups excluding carboxylic acids is 1. The van der Waals surface area contributed by atoms with Crippen LogP contribution in [-0.2, 0) is 11.3 Å². The van der Waals surface area contributed by atoms with Crippen molar-refractivity contribution in [2.24, 2.45) is 17.3 Å². The van der Waals surface area contributed by atoms with Crippen molar-refractivity contribution in [3.63, 3.8) is 0 Å². The average Bonchev–Trinajstić information content (AvgIpc) is 3.30. The van der Waals surface area contributed by atoms with Crippen LogP contribution in [-0.4, -0.2) is 43.2 Å². The van der Waals surface area contributed by atoms with Gasteiger partial charge in [-0.2, -0.15) is 10.1 Å². The van der Waals surface area contributed by atoms with E-state index in [9.17, 15) is 14.7 Å². The highest BCUT2D eigenvalue weighted by atomic mass is 35.5.